The van der Waals surface area contributed by atoms with E-state index < -0.39 is 6.10 Å². The molecule has 0 saturated carbocycles. The predicted octanol–water partition coefficient (Wildman–Crippen LogP) is 3.16. The third-order valence-corrected chi connectivity index (χ3v) is 3.37. The first-order chi connectivity index (χ1) is 10.1. The molecule has 0 heterocycles. The zero-order valence-electron chi connectivity index (χ0n) is 12.6. The van der Waals surface area contributed by atoms with Gasteiger partial charge in [-0.2, -0.15) is 0 Å². The van der Waals surface area contributed by atoms with Crippen molar-refractivity contribution >= 4 is 5.69 Å². The first-order valence-corrected chi connectivity index (χ1v) is 6.84. The SMILES string of the molecule is COc1cccc(C(O)CNc2ccc(OC)c(C)c2)c1. The lowest BCUT2D eigenvalue weighted by Gasteiger charge is -2.15. The van der Waals surface area contributed by atoms with Crippen LogP contribution in [0.4, 0.5) is 5.69 Å². The van der Waals surface area contributed by atoms with Gasteiger partial charge >= 0.3 is 0 Å². The highest BCUT2D eigenvalue weighted by Crippen LogP contribution is 2.23. The van der Waals surface area contributed by atoms with Crippen molar-refractivity contribution in [3.8, 4) is 11.5 Å². The van der Waals surface area contributed by atoms with Crippen LogP contribution >= 0.6 is 0 Å². The van der Waals surface area contributed by atoms with Crippen LogP contribution in [0.15, 0.2) is 42.5 Å². The number of methoxy groups -OCH3 is 2. The molecule has 2 N–H and O–H groups in total. The summed E-state index contributed by atoms with van der Waals surface area (Å²) in [5.41, 5.74) is 2.83. The number of ether oxygens (including phenoxy) is 2. The molecule has 1 unspecified atom stereocenters. The van der Waals surface area contributed by atoms with Crippen LogP contribution in [-0.4, -0.2) is 25.9 Å². The molecule has 0 aliphatic heterocycles. The van der Waals surface area contributed by atoms with E-state index in [-0.39, 0.29) is 0 Å². The molecule has 2 rings (SSSR count). The van der Waals surface area contributed by atoms with E-state index in [9.17, 15) is 5.11 Å². The number of aliphatic hydroxyl groups excluding tert-OH is 1. The van der Waals surface area contributed by atoms with Gasteiger partial charge in [-0.15, -0.1) is 0 Å². The van der Waals surface area contributed by atoms with Crippen LogP contribution in [-0.2, 0) is 0 Å². The maximum atomic E-state index is 10.2. The van der Waals surface area contributed by atoms with E-state index in [1.165, 1.54) is 0 Å². The fourth-order valence-corrected chi connectivity index (χ4v) is 2.17. The maximum absolute atomic E-state index is 10.2. The van der Waals surface area contributed by atoms with Gasteiger partial charge in [-0.3, -0.25) is 0 Å². The van der Waals surface area contributed by atoms with Gasteiger partial charge in [-0.25, -0.2) is 0 Å². The summed E-state index contributed by atoms with van der Waals surface area (Å²) in [6.45, 7) is 2.42. The lowest BCUT2D eigenvalue weighted by Crippen LogP contribution is -2.12. The second-order valence-electron chi connectivity index (χ2n) is 4.86. The predicted molar refractivity (Wildman–Crippen MR) is 84.2 cm³/mol. The van der Waals surface area contributed by atoms with E-state index in [0.29, 0.717) is 6.54 Å². The number of hydrogen-bond donors (Lipinski definition) is 2. The molecule has 0 spiro atoms. The van der Waals surface area contributed by atoms with E-state index in [4.69, 9.17) is 9.47 Å². The molecular weight excluding hydrogens is 266 g/mol. The molecule has 0 bridgehead atoms. The molecule has 112 valence electrons. The summed E-state index contributed by atoms with van der Waals surface area (Å²) in [6.07, 6.45) is -0.595. The van der Waals surface area contributed by atoms with Crippen molar-refractivity contribution in [2.45, 2.75) is 13.0 Å². The van der Waals surface area contributed by atoms with Crippen LogP contribution < -0.4 is 14.8 Å². The van der Waals surface area contributed by atoms with Crippen molar-refractivity contribution in [1.82, 2.24) is 0 Å². The number of benzene rings is 2. The standard InChI is InChI=1S/C17H21NO3/c1-12-9-14(7-8-17(12)21-3)18-11-16(19)13-5-4-6-15(10-13)20-2/h4-10,16,18-19H,11H2,1-3H3. The number of anilines is 1. The molecule has 0 saturated heterocycles. The Kier molecular flexibility index (Phi) is 5.06. The number of nitrogens with one attached hydrogen (secondary N) is 1. The summed E-state index contributed by atoms with van der Waals surface area (Å²) in [6, 6.07) is 13.3. The van der Waals surface area contributed by atoms with Crippen LogP contribution in [0.5, 0.6) is 11.5 Å². The van der Waals surface area contributed by atoms with E-state index in [2.05, 4.69) is 5.32 Å². The van der Waals surface area contributed by atoms with E-state index in [1.807, 2.05) is 49.4 Å². The van der Waals surface area contributed by atoms with Crippen LogP contribution in [0.1, 0.15) is 17.2 Å². The Bertz CT molecular complexity index is 598. The van der Waals surface area contributed by atoms with Crippen molar-refractivity contribution in [2.24, 2.45) is 0 Å². The van der Waals surface area contributed by atoms with Crippen LogP contribution in [0.3, 0.4) is 0 Å². The summed E-state index contributed by atoms with van der Waals surface area (Å²) in [5.74, 6) is 1.60. The summed E-state index contributed by atoms with van der Waals surface area (Å²) in [7, 11) is 3.27. The third kappa shape index (κ3) is 3.89. The van der Waals surface area contributed by atoms with Crippen LogP contribution in [0.25, 0.3) is 0 Å². The van der Waals surface area contributed by atoms with Gasteiger partial charge in [0.15, 0.2) is 0 Å². The number of aryl methyl sites for hydroxylation is 1. The highest BCUT2D eigenvalue weighted by molar-refractivity contribution is 5.51. The Hall–Kier alpha value is -2.20. The average molecular weight is 287 g/mol. The third-order valence-electron chi connectivity index (χ3n) is 3.37. The zero-order chi connectivity index (χ0) is 15.2. The molecule has 0 amide bonds. The molecule has 1 atom stereocenters. The summed E-state index contributed by atoms with van der Waals surface area (Å²) < 4.78 is 10.4. The van der Waals surface area contributed by atoms with Crippen molar-refractivity contribution in [3.05, 3.63) is 53.6 Å². The van der Waals surface area contributed by atoms with Gasteiger partial charge in [0.05, 0.1) is 20.3 Å². The molecule has 2 aromatic rings. The molecule has 4 heteroatoms. The Morgan fingerprint density at radius 1 is 1.10 bits per heavy atom. The van der Waals surface area contributed by atoms with E-state index in [1.54, 1.807) is 14.2 Å². The fraction of sp³-hybridized carbons (Fsp3) is 0.294. The molecule has 0 fully saturated rings. The second kappa shape index (κ2) is 6.99. The first-order valence-electron chi connectivity index (χ1n) is 6.84. The van der Waals surface area contributed by atoms with Gasteiger partial charge in [-0.05, 0) is 48.4 Å². The highest BCUT2D eigenvalue weighted by atomic mass is 16.5. The van der Waals surface area contributed by atoms with Crippen molar-refractivity contribution in [3.63, 3.8) is 0 Å². The molecule has 4 nitrogen and oxygen atoms in total. The molecular formula is C17H21NO3. The van der Waals surface area contributed by atoms with Crippen LogP contribution in [0, 0.1) is 6.92 Å². The largest absolute Gasteiger partial charge is 0.497 e. The van der Waals surface area contributed by atoms with Gasteiger partial charge in [0.25, 0.3) is 0 Å². The summed E-state index contributed by atoms with van der Waals surface area (Å²) >= 11 is 0. The average Bonchev–Trinajstić information content (AvgIpc) is 2.52. The quantitative estimate of drug-likeness (QED) is 0.857. The number of hydrogen-bond acceptors (Lipinski definition) is 4. The summed E-state index contributed by atoms with van der Waals surface area (Å²) in [4.78, 5) is 0. The van der Waals surface area contributed by atoms with E-state index in [0.717, 1.165) is 28.3 Å². The minimum Gasteiger partial charge on any atom is -0.497 e. The van der Waals surface area contributed by atoms with Crippen molar-refractivity contribution in [2.75, 3.05) is 26.1 Å². The van der Waals surface area contributed by atoms with Gasteiger partial charge in [0.1, 0.15) is 11.5 Å². The van der Waals surface area contributed by atoms with Crippen LogP contribution in [0.2, 0.25) is 0 Å². The van der Waals surface area contributed by atoms with Crippen molar-refractivity contribution in [1.29, 1.82) is 0 Å². The Morgan fingerprint density at radius 3 is 2.57 bits per heavy atom. The Morgan fingerprint density at radius 2 is 1.90 bits per heavy atom. The molecule has 0 aliphatic rings. The minimum absolute atomic E-state index is 0.430. The molecule has 21 heavy (non-hydrogen) atoms. The van der Waals surface area contributed by atoms with Crippen molar-refractivity contribution < 1.29 is 14.6 Å². The number of rotatable bonds is 6. The van der Waals surface area contributed by atoms with Gasteiger partial charge in [-0.1, -0.05) is 12.1 Å². The number of aliphatic hydroxyl groups is 1. The monoisotopic (exact) mass is 287 g/mol. The molecule has 0 aromatic heterocycles. The van der Waals surface area contributed by atoms with E-state index >= 15 is 0 Å². The maximum Gasteiger partial charge on any atom is 0.121 e. The molecule has 0 aliphatic carbocycles. The van der Waals surface area contributed by atoms with Gasteiger partial charge < -0.3 is 19.9 Å². The highest BCUT2D eigenvalue weighted by Gasteiger charge is 2.08. The normalized spacial score (nSPS) is 11.8. The fourth-order valence-electron chi connectivity index (χ4n) is 2.17. The minimum atomic E-state index is -0.595. The Labute approximate surface area is 125 Å². The van der Waals surface area contributed by atoms with Gasteiger partial charge in [0, 0.05) is 12.2 Å². The summed E-state index contributed by atoms with van der Waals surface area (Å²) in [5, 5.41) is 13.5. The van der Waals surface area contributed by atoms with Gasteiger partial charge in [0.2, 0.25) is 0 Å². The topological polar surface area (TPSA) is 50.7 Å². The lowest BCUT2D eigenvalue weighted by molar-refractivity contribution is 0.191. The molecule has 0 radical (unpaired) electrons. The Balaban J connectivity index is 2.00. The lowest BCUT2D eigenvalue weighted by atomic mass is 10.1. The molecule has 2 aromatic carbocycles. The zero-order valence-corrected chi connectivity index (χ0v) is 12.6. The smallest absolute Gasteiger partial charge is 0.121 e. The second-order valence-corrected chi connectivity index (χ2v) is 4.86. The first kappa shape index (κ1) is 15.2.